The number of piperazine rings is 1. The van der Waals surface area contributed by atoms with E-state index in [0.717, 1.165) is 57.0 Å². The minimum absolute atomic E-state index is 0.101. The molecule has 0 spiro atoms. The van der Waals surface area contributed by atoms with E-state index in [4.69, 9.17) is 4.74 Å². The summed E-state index contributed by atoms with van der Waals surface area (Å²) in [5, 5.41) is 13.2. The van der Waals surface area contributed by atoms with Gasteiger partial charge in [-0.25, -0.2) is 0 Å². The quantitative estimate of drug-likeness (QED) is 0.592. The summed E-state index contributed by atoms with van der Waals surface area (Å²) in [7, 11) is 0. The average Bonchev–Trinajstić information content (AvgIpc) is 3.47. The fourth-order valence-corrected chi connectivity index (χ4v) is 6.80. The third-order valence-electron chi connectivity index (χ3n) is 8.41. The lowest BCUT2D eigenvalue weighted by atomic mass is 10.1. The van der Waals surface area contributed by atoms with Crippen molar-refractivity contribution >= 4 is 22.4 Å². The van der Waals surface area contributed by atoms with Gasteiger partial charge in [0.2, 0.25) is 0 Å². The maximum atomic E-state index is 9.51. The van der Waals surface area contributed by atoms with Crippen LogP contribution in [0.5, 0.6) is 0 Å². The minimum Gasteiger partial charge on any atom is -0.370 e. The molecule has 1 N–H and O–H groups in total. The molecule has 2 bridgehead atoms. The molecule has 190 valence electrons. The van der Waals surface area contributed by atoms with E-state index in [1.54, 1.807) is 12.4 Å². The second-order valence-electron chi connectivity index (χ2n) is 11.1. The molecule has 7 rings (SSSR count). The summed E-state index contributed by atoms with van der Waals surface area (Å²) < 4.78 is 6.42. The molecular formula is C29H33N7O. The van der Waals surface area contributed by atoms with Gasteiger partial charge in [0.05, 0.1) is 23.5 Å². The van der Waals surface area contributed by atoms with Crippen molar-refractivity contribution in [2.75, 3.05) is 42.5 Å². The van der Waals surface area contributed by atoms with Crippen LogP contribution in [0.3, 0.4) is 0 Å². The van der Waals surface area contributed by atoms with Crippen molar-refractivity contribution in [3.8, 4) is 6.07 Å². The van der Waals surface area contributed by atoms with E-state index in [9.17, 15) is 5.26 Å². The van der Waals surface area contributed by atoms with Crippen LogP contribution in [0, 0.1) is 11.3 Å². The van der Waals surface area contributed by atoms with Crippen LogP contribution < -0.4 is 15.1 Å². The molecule has 0 radical (unpaired) electrons. The average molecular weight is 496 g/mol. The van der Waals surface area contributed by atoms with Crippen molar-refractivity contribution in [3.05, 3.63) is 59.4 Å². The van der Waals surface area contributed by atoms with Crippen molar-refractivity contribution in [1.82, 2.24) is 20.2 Å². The van der Waals surface area contributed by atoms with Gasteiger partial charge in [-0.15, -0.1) is 0 Å². The number of hydrogen-bond donors (Lipinski definition) is 1. The van der Waals surface area contributed by atoms with Gasteiger partial charge >= 0.3 is 0 Å². The topological polar surface area (TPSA) is 80.6 Å². The molecule has 0 amide bonds. The Bertz CT molecular complexity index is 1360. The molecule has 3 fully saturated rings. The van der Waals surface area contributed by atoms with Gasteiger partial charge < -0.3 is 19.9 Å². The van der Waals surface area contributed by atoms with Crippen LogP contribution in [0.15, 0.2) is 42.7 Å². The maximum absolute atomic E-state index is 9.51. The molecule has 0 aliphatic carbocycles. The number of morpholine rings is 1. The Labute approximate surface area is 217 Å². The third-order valence-corrected chi connectivity index (χ3v) is 8.41. The molecule has 3 saturated heterocycles. The van der Waals surface area contributed by atoms with E-state index in [2.05, 4.69) is 61.2 Å². The summed E-state index contributed by atoms with van der Waals surface area (Å²) in [6.07, 6.45) is 6.18. The number of anilines is 2. The van der Waals surface area contributed by atoms with E-state index >= 15 is 0 Å². The lowest BCUT2D eigenvalue weighted by Crippen LogP contribution is -2.51. The molecule has 1 aromatic heterocycles. The smallest absolute Gasteiger partial charge is 0.113 e. The van der Waals surface area contributed by atoms with Gasteiger partial charge in [-0.1, -0.05) is 6.07 Å². The van der Waals surface area contributed by atoms with E-state index in [0.29, 0.717) is 23.2 Å². The monoisotopic (exact) mass is 495 g/mol. The second-order valence-corrected chi connectivity index (χ2v) is 11.1. The normalized spacial score (nSPS) is 27.5. The number of ether oxygens (including phenoxy) is 1. The number of rotatable bonds is 4. The van der Waals surface area contributed by atoms with Gasteiger partial charge in [0.25, 0.3) is 0 Å². The van der Waals surface area contributed by atoms with Crippen LogP contribution >= 0.6 is 0 Å². The maximum Gasteiger partial charge on any atom is 0.113 e. The Hall–Kier alpha value is -3.25. The van der Waals surface area contributed by atoms with Crippen molar-refractivity contribution in [3.63, 3.8) is 0 Å². The zero-order valence-electron chi connectivity index (χ0n) is 21.3. The van der Waals surface area contributed by atoms with Crippen molar-refractivity contribution < 1.29 is 4.74 Å². The van der Waals surface area contributed by atoms with Crippen LogP contribution in [-0.2, 0) is 17.8 Å². The highest BCUT2D eigenvalue weighted by atomic mass is 16.5. The predicted octanol–water partition coefficient (Wildman–Crippen LogP) is 3.05. The number of hydrogen-bond acceptors (Lipinski definition) is 8. The molecule has 0 saturated carbocycles. The van der Waals surface area contributed by atoms with Crippen molar-refractivity contribution in [2.45, 2.75) is 57.1 Å². The number of nitrogens with one attached hydrogen (secondary N) is 1. The molecule has 8 nitrogen and oxygen atoms in total. The van der Waals surface area contributed by atoms with Gasteiger partial charge in [0.1, 0.15) is 17.1 Å². The molecule has 4 aliphatic heterocycles. The van der Waals surface area contributed by atoms with Crippen molar-refractivity contribution in [2.24, 2.45) is 0 Å². The Kier molecular flexibility index (Phi) is 5.73. The Morgan fingerprint density at radius 3 is 2.54 bits per heavy atom. The highest BCUT2D eigenvalue weighted by Crippen LogP contribution is 2.32. The molecular weight excluding hydrogens is 462 g/mol. The number of benzene rings is 2. The first-order valence-corrected chi connectivity index (χ1v) is 13.5. The summed E-state index contributed by atoms with van der Waals surface area (Å²) in [5.74, 6) is 0. The standard InChI is InChI=1S/C29H33N7O/c1-19-12-36(27-7-3-20(11-30)28-29(27)32-9-8-31-28)18-26(37-19)17-34-13-21-2-6-25(10-22(21)14-34)35-15-23-4-5-24(16-35)33-23/h2-3,6-10,19,23-24,26,33H,4-5,12-18H2,1H3/t19-,23?,24?,26+/m1/s1. The first-order chi connectivity index (χ1) is 18.1. The molecule has 37 heavy (non-hydrogen) atoms. The number of fused-ring (bicyclic) bond motifs is 4. The van der Waals surface area contributed by atoms with E-state index in [-0.39, 0.29) is 12.2 Å². The van der Waals surface area contributed by atoms with Crippen LogP contribution in [0.25, 0.3) is 11.0 Å². The first-order valence-electron chi connectivity index (χ1n) is 13.5. The largest absolute Gasteiger partial charge is 0.370 e. The van der Waals surface area contributed by atoms with Crippen molar-refractivity contribution in [1.29, 1.82) is 5.26 Å². The lowest BCUT2D eigenvalue weighted by molar-refractivity contribution is -0.0329. The Morgan fingerprint density at radius 2 is 1.73 bits per heavy atom. The molecule has 3 aromatic rings. The fraction of sp³-hybridized carbons (Fsp3) is 0.483. The van der Waals surface area contributed by atoms with E-state index in [1.807, 2.05) is 12.1 Å². The number of nitriles is 1. The Balaban J connectivity index is 1.05. The minimum atomic E-state index is 0.101. The predicted molar refractivity (Wildman–Crippen MR) is 144 cm³/mol. The van der Waals surface area contributed by atoms with Crippen LogP contribution in [-0.4, -0.2) is 71.9 Å². The van der Waals surface area contributed by atoms with Gasteiger partial charge in [-0.05, 0) is 55.2 Å². The van der Waals surface area contributed by atoms with Gasteiger partial charge in [0.15, 0.2) is 0 Å². The molecule has 4 aliphatic rings. The number of nitrogens with zero attached hydrogens (tertiary/aromatic N) is 6. The Morgan fingerprint density at radius 1 is 0.946 bits per heavy atom. The zero-order valence-corrected chi connectivity index (χ0v) is 21.3. The lowest BCUT2D eigenvalue weighted by Gasteiger charge is -2.39. The highest BCUT2D eigenvalue weighted by Gasteiger charge is 2.33. The summed E-state index contributed by atoms with van der Waals surface area (Å²) in [5.41, 5.74) is 7.32. The SMILES string of the molecule is C[C@@H]1CN(c2ccc(C#N)c3nccnc23)C[C@H](CN2Cc3ccc(N4CC5CCC(C4)N5)cc3C2)O1. The summed E-state index contributed by atoms with van der Waals surface area (Å²) in [4.78, 5) is 16.5. The molecule has 5 heterocycles. The zero-order chi connectivity index (χ0) is 24.9. The van der Waals surface area contributed by atoms with Crippen LogP contribution in [0.4, 0.5) is 11.4 Å². The molecule has 2 unspecified atom stereocenters. The van der Waals surface area contributed by atoms with E-state index in [1.165, 1.54) is 29.7 Å². The molecule has 4 atom stereocenters. The van der Waals surface area contributed by atoms with Crippen LogP contribution in [0.2, 0.25) is 0 Å². The number of aromatic nitrogens is 2. The second kappa shape index (κ2) is 9.25. The molecule has 8 heteroatoms. The van der Waals surface area contributed by atoms with Gasteiger partial charge in [0, 0.05) is 76.0 Å². The van der Waals surface area contributed by atoms with Crippen LogP contribution in [0.1, 0.15) is 36.5 Å². The highest BCUT2D eigenvalue weighted by molar-refractivity contribution is 5.92. The third kappa shape index (κ3) is 4.31. The van der Waals surface area contributed by atoms with E-state index < -0.39 is 0 Å². The summed E-state index contributed by atoms with van der Waals surface area (Å²) in [6, 6.07) is 14.5. The molecule has 2 aromatic carbocycles. The summed E-state index contributed by atoms with van der Waals surface area (Å²) in [6.45, 7) is 8.82. The van der Waals surface area contributed by atoms with Gasteiger partial charge in [-0.2, -0.15) is 5.26 Å². The van der Waals surface area contributed by atoms with Gasteiger partial charge in [-0.3, -0.25) is 14.9 Å². The fourth-order valence-electron chi connectivity index (χ4n) is 6.80. The first kappa shape index (κ1) is 22.9. The summed E-state index contributed by atoms with van der Waals surface area (Å²) >= 11 is 0.